The number of hydrogen-bond acceptors (Lipinski definition) is 7. The molecule has 4 aliphatic rings. The summed E-state index contributed by atoms with van der Waals surface area (Å²) in [5, 5.41) is 0.904. The highest BCUT2D eigenvalue weighted by Gasteiger charge is 2.47. The Hall–Kier alpha value is -2.53. The van der Waals surface area contributed by atoms with Gasteiger partial charge in [-0.15, -0.1) is 11.3 Å². The van der Waals surface area contributed by atoms with Crippen LogP contribution in [0.5, 0.6) is 0 Å². The fourth-order valence-electron chi connectivity index (χ4n) is 8.48. The molecule has 3 aromatic rings. The molecule has 2 atom stereocenters. The van der Waals surface area contributed by atoms with Gasteiger partial charge < -0.3 is 9.88 Å². The molecular weight excluding hydrogens is 605 g/mol. The molecule has 45 heavy (non-hydrogen) atoms. The minimum absolute atomic E-state index is 0.0818. The summed E-state index contributed by atoms with van der Waals surface area (Å²) in [5.41, 5.74) is 4.18. The molecule has 4 fully saturated rings. The molecule has 1 N–H and O–H groups in total. The fraction of sp³-hybridized carbons (Fsp3) is 0.600. The Labute approximate surface area is 271 Å². The first-order valence-corrected chi connectivity index (χ1v) is 19.3. The summed E-state index contributed by atoms with van der Waals surface area (Å²) in [5.74, 6) is 0.820. The molecule has 4 saturated heterocycles. The lowest BCUT2D eigenvalue weighted by Gasteiger charge is -2.39. The Morgan fingerprint density at radius 1 is 0.911 bits per heavy atom. The Bertz CT molecular complexity index is 1720. The third-order valence-corrected chi connectivity index (χ3v) is 14.2. The number of thiophene rings is 1. The van der Waals surface area contributed by atoms with Gasteiger partial charge in [-0.2, -0.15) is 0 Å². The number of benzene rings is 1. The number of aromatic nitrogens is 1. The monoisotopic (exact) mass is 650 g/mol. The lowest BCUT2D eigenvalue weighted by atomic mass is 9.88. The summed E-state index contributed by atoms with van der Waals surface area (Å²) < 4.78 is 24.1. The molecular formula is C35H46N4O4S2. The van der Waals surface area contributed by atoms with Crippen molar-refractivity contribution in [1.82, 2.24) is 19.7 Å². The molecule has 10 heteroatoms. The lowest BCUT2D eigenvalue weighted by Crippen LogP contribution is -2.54. The second-order valence-electron chi connectivity index (χ2n) is 14.6. The predicted octanol–water partition coefficient (Wildman–Crippen LogP) is 5.32. The van der Waals surface area contributed by atoms with Crippen LogP contribution < -0.4 is 0 Å². The van der Waals surface area contributed by atoms with Crippen LogP contribution in [0.15, 0.2) is 24.3 Å². The van der Waals surface area contributed by atoms with Crippen molar-refractivity contribution in [2.45, 2.75) is 96.3 Å². The van der Waals surface area contributed by atoms with Gasteiger partial charge in [0.05, 0.1) is 34.2 Å². The number of piperazine rings is 1. The van der Waals surface area contributed by atoms with Crippen molar-refractivity contribution >= 4 is 43.1 Å². The number of rotatable bonds is 7. The van der Waals surface area contributed by atoms with Crippen LogP contribution in [-0.4, -0.2) is 102 Å². The first-order valence-electron chi connectivity index (χ1n) is 16.6. The van der Waals surface area contributed by atoms with Gasteiger partial charge in [0.25, 0.3) is 0 Å². The Morgan fingerprint density at radius 2 is 1.53 bits per heavy atom. The molecule has 0 saturated carbocycles. The number of carbonyl (C=O) groups is 2. The molecule has 0 aliphatic carbocycles. The van der Waals surface area contributed by atoms with Gasteiger partial charge in [0.1, 0.15) is 4.83 Å². The van der Waals surface area contributed by atoms with E-state index >= 15 is 0 Å². The van der Waals surface area contributed by atoms with Crippen molar-refractivity contribution in [3.05, 3.63) is 45.8 Å². The molecule has 2 unspecified atom stereocenters. The number of H-pyrrole nitrogens is 1. The van der Waals surface area contributed by atoms with E-state index in [9.17, 15) is 18.0 Å². The van der Waals surface area contributed by atoms with Crippen molar-refractivity contribution in [3.63, 3.8) is 0 Å². The third-order valence-electron chi connectivity index (χ3n) is 11.1. The summed E-state index contributed by atoms with van der Waals surface area (Å²) in [6.07, 6.45) is 5.15. The number of aryl methyl sites for hydroxylation is 2. The maximum atomic E-state index is 14.6. The van der Waals surface area contributed by atoms with Gasteiger partial charge in [0.2, 0.25) is 5.91 Å². The van der Waals surface area contributed by atoms with E-state index in [1.54, 1.807) is 11.3 Å². The molecule has 1 aromatic carbocycles. The van der Waals surface area contributed by atoms with Crippen LogP contribution in [0.25, 0.3) is 21.5 Å². The molecule has 4 aliphatic heterocycles. The largest absolute Gasteiger partial charge is 0.346 e. The van der Waals surface area contributed by atoms with Gasteiger partial charge in [-0.05, 0) is 90.5 Å². The number of sulfone groups is 1. The molecule has 7 rings (SSSR count). The molecule has 6 heterocycles. The highest BCUT2D eigenvalue weighted by atomic mass is 32.2. The maximum absolute atomic E-state index is 14.6. The average Bonchev–Trinajstić information content (AvgIpc) is 3.82. The molecule has 242 valence electrons. The zero-order valence-corrected chi connectivity index (χ0v) is 28.8. The van der Waals surface area contributed by atoms with Gasteiger partial charge in [0, 0.05) is 54.6 Å². The van der Waals surface area contributed by atoms with E-state index in [0.717, 1.165) is 89.3 Å². The highest BCUT2D eigenvalue weighted by molar-refractivity contribution is 7.91. The second kappa shape index (κ2) is 11.3. The zero-order chi connectivity index (χ0) is 31.8. The minimum atomic E-state index is -2.93. The number of Topliss-reactive ketones (excluding diaryl/α,β-unsaturated/α-hetero) is 1. The van der Waals surface area contributed by atoms with Crippen LogP contribution in [0, 0.1) is 13.8 Å². The number of carbonyl (C=O) groups excluding carboxylic acids is 2. The van der Waals surface area contributed by atoms with Crippen LogP contribution in [-0.2, 0) is 20.0 Å². The molecule has 0 spiro atoms. The number of ketones is 1. The summed E-state index contributed by atoms with van der Waals surface area (Å²) in [7, 11) is -2.93. The molecule has 1 amide bonds. The SMILES string of the molecule is Cc1cc(C)cc(-c2[nH]c3sc(C(C)(C)C(=O)N4C5CCC4CC5)cc3c2C(=O)C(C)N2CCN(C3CCS(=O)(=O)C3)CC2)c1. The number of hydrogen-bond donors (Lipinski definition) is 1. The standard InChI is InChI=1S/C35H46N4O4S2/c1-21-16-22(2)18-24(17-21)31-30(32(40)23(3)37-11-13-38(14-12-37)27-10-15-45(42,43)20-27)28-19-29(44-33(28)36-31)35(4,5)34(41)39-25-6-7-26(39)9-8-25/h16-19,23,25-27,36H,6-15,20H2,1-5H3. The smallest absolute Gasteiger partial charge is 0.233 e. The van der Waals surface area contributed by atoms with E-state index in [1.807, 2.05) is 20.8 Å². The van der Waals surface area contributed by atoms with E-state index in [0.29, 0.717) is 24.1 Å². The quantitative estimate of drug-likeness (QED) is 0.348. The first kappa shape index (κ1) is 31.1. The molecule has 2 bridgehead atoms. The number of nitrogens with zero attached hydrogens (tertiary/aromatic N) is 3. The van der Waals surface area contributed by atoms with Gasteiger partial charge in [-0.3, -0.25) is 19.4 Å². The molecule has 0 radical (unpaired) electrons. The average molecular weight is 651 g/mol. The zero-order valence-electron chi connectivity index (χ0n) is 27.2. The normalized spacial score (nSPS) is 26.2. The predicted molar refractivity (Wildman–Crippen MR) is 181 cm³/mol. The van der Waals surface area contributed by atoms with Gasteiger partial charge in [-0.25, -0.2) is 8.42 Å². The molecule has 2 aromatic heterocycles. The van der Waals surface area contributed by atoms with E-state index in [1.165, 1.54) is 0 Å². The van der Waals surface area contributed by atoms with Crippen molar-refractivity contribution in [2.24, 2.45) is 0 Å². The first-order chi connectivity index (χ1) is 21.3. The Balaban J connectivity index is 1.20. The van der Waals surface area contributed by atoms with Crippen molar-refractivity contribution in [3.8, 4) is 11.3 Å². The van der Waals surface area contributed by atoms with Gasteiger partial charge in [-0.1, -0.05) is 17.2 Å². The maximum Gasteiger partial charge on any atom is 0.233 e. The van der Waals surface area contributed by atoms with Crippen LogP contribution in [0.3, 0.4) is 0 Å². The van der Waals surface area contributed by atoms with Crippen LogP contribution in [0.2, 0.25) is 0 Å². The number of amides is 1. The summed E-state index contributed by atoms with van der Waals surface area (Å²) in [4.78, 5) is 40.9. The Morgan fingerprint density at radius 3 is 2.11 bits per heavy atom. The number of fused-ring (bicyclic) bond motifs is 3. The van der Waals surface area contributed by atoms with E-state index in [2.05, 4.69) is 57.8 Å². The number of aromatic amines is 1. The fourth-order valence-corrected chi connectivity index (χ4v) is 11.4. The van der Waals surface area contributed by atoms with Gasteiger partial charge >= 0.3 is 0 Å². The minimum Gasteiger partial charge on any atom is -0.346 e. The summed E-state index contributed by atoms with van der Waals surface area (Å²) >= 11 is 1.61. The van der Waals surface area contributed by atoms with E-state index < -0.39 is 15.3 Å². The van der Waals surface area contributed by atoms with Gasteiger partial charge in [0.15, 0.2) is 15.6 Å². The molecule has 8 nitrogen and oxygen atoms in total. The van der Waals surface area contributed by atoms with Crippen LogP contribution >= 0.6 is 11.3 Å². The van der Waals surface area contributed by atoms with E-state index in [4.69, 9.17) is 0 Å². The van der Waals surface area contributed by atoms with Crippen molar-refractivity contribution in [1.29, 1.82) is 0 Å². The summed E-state index contributed by atoms with van der Waals surface area (Å²) in [6, 6.07) is 9.03. The second-order valence-corrected chi connectivity index (χ2v) is 17.9. The lowest BCUT2D eigenvalue weighted by molar-refractivity contribution is -0.137. The van der Waals surface area contributed by atoms with Crippen LogP contribution in [0.4, 0.5) is 0 Å². The topological polar surface area (TPSA) is 93.8 Å². The van der Waals surface area contributed by atoms with Crippen molar-refractivity contribution in [2.75, 3.05) is 37.7 Å². The van der Waals surface area contributed by atoms with Crippen LogP contribution in [0.1, 0.15) is 79.2 Å². The van der Waals surface area contributed by atoms with Crippen molar-refractivity contribution < 1.29 is 18.0 Å². The summed E-state index contributed by atoms with van der Waals surface area (Å²) in [6.45, 7) is 13.2. The highest BCUT2D eigenvalue weighted by Crippen LogP contribution is 2.45. The number of nitrogens with one attached hydrogen (secondary N) is 1. The van der Waals surface area contributed by atoms with E-state index in [-0.39, 0.29) is 35.3 Å². The Kier molecular flexibility index (Phi) is 7.82. The third kappa shape index (κ3) is 5.49.